The molecule has 0 bridgehead atoms. The standard InChI is InChI=1S/C29H38O5/c1-3-5-6-7-8-9-10-11-12-13-17-23-32-28-25(33-27(30)4-2)21-18-22-26(28)34-29(31)24-19-15-14-16-20-24/h4,14-16,18-22H,2-3,5-13,17,23H2,1H3. The first kappa shape index (κ1) is 27.2. The van der Waals surface area contributed by atoms with E-state index in [4.69, 9.17) is 14.2 Å². The lowest BCUT2D eigenvalue weighted by molar-refractivity contribution is -0.129. The predicted octanol–water partition coefficient (Wildman–Crippen LogP) is 7.69. The molecule has 0 amide bonds. The molecule has 2 rings (SSSR count). The molecule has 0 aliphatic heterocycles. The zero-order valence-corrected chi connectivity index (χ0v) is 20.4. The van der Waals surface area contributed by atoms with Crippen LogP contribution in [0.15, 0.2) is 61.2 Å². The Hall–Kier alpha value is -3.08. The third-order valence-corrected chi connectivity index (χ3v) is 5.53. The van der Waals surface area contributed by atoms with Gasteiger partial charge in [0.15, 0.2) is 11.5 Å². The third-order valence-electron chi connectivity index (χ3n) is 5.53. The number of hydrogen-bond donors (Lipinski definition) is 0. The van der Waals surface area contributed by atoms with Gasteiger partial charge in [-0.25, -0.2) is 9.59 Å². The molecule has 2 aromatic carbocycles. The number of para-hydroxylation sites is 1. The Morgan fingerprint density at radius 1 is 0.735 bits per heavy atom. The Morgan fingerprint density at radius 3 is 1.88 bits per heavy atom. The van der Waals surface area contributed by atoms with Crippen molar-refractivity contribution in [3.05, 3.63) is 66.7 Å². The minimum absolute atomic E-state index is 0.200. The Morgan fingerprint density at radius 2 is 1.29 bits per heavy atom. The number of benzene rings is 2. The van der Waals surface area contributed by atoms with Crippen molar-refractivity contribution in [1.29, 1.82) is 0 Å². The van der Waals surface area contributed by atoms with Gasteiger partial charge in [0.25, 0.3) is 0 Å². The quantitative estimate of drug-likeness (QED) is 0.103. The molecule has 0 radical (unpaired) electrons. The van der Waals surface area contributed by atoms with Crippen LogP contribution in [0.5, 0.6) is 17.2 Å². The molecule has 0 aromatic heterocycles. The van der Waals surface area contributed by atoms with Gasteiger partial charge >= 0.3 is 11.9 Å². The van der Waals surface area contributed by atoms with Crippen molar-refractivity contribution in [2.75, 3.05) is 6.61 Å². The summed E-state index contributed by atoms with van der Waals surface area (Å²) in [4.78, 5) is 24.3. The summed E-state index contributed by atoms with van der Waals surface area (Å²) >= 11 is 0. The average Bonchev–Trinajstić information content (AvgIpc) is 2.86. The number of carbonyl (C=O) groups excluding carboxylic acids is 2. The van der Waals surface area contributed by atoms with Crippen LogP contribution in [0.25, 0.3) is 0 Å². The molecule has 0 N–H and O–H groups in total. The minimum atomic E-state index is -0.605. The van der Waals surface area contributed by atoms with Crippen LogP contribution in [-0.4, -0.2) is 18.5 Å². The van der Waals surface area contributed by atoms with Gasteiger partial charge in [-0.3, -0.25) is 0 Å². The van der Waals surface area contributed by atoms with Crippen LogP contribution in [0.4, 0.5) is 0 Å². The monoisotopic (exact) mass is 466 g/mol. The maximum Gasteiger partial charge on any atom is 0.343 e. The normalized spacial score (nSPS) is 10.5. The van der Waals surface area contributed by atoms with Crippen molar-refractivity contribution in [3.8, 4) is 17.2 Å². The predicted molar refractivity (Wildman–Crippen MR) is 136 cm³/mol. The molecule has 0 aliphatic carbocycles. The molecular weight excluding hydrogens is 428 g/mol. The summed E-state index contributed by atoms with van der Waals surface area (Å²) in [6, 6.07) is 13.6. The SMILES string of the molecule is C=CC(=O)Oc1cccc(OC(=O)c2ccccc2)c1OCCCCCCCCCCCCC. The van der Waals surface area contributed by atoms with Crippen LogP contribution in [0, 0.1) is 0 Å². The molecule has 2 aromatic rings. The Labute approximate surface area is 204 Å². The second kappa shape index (κ2) is 16.5. The van der Waals surface area contributed by atoms with Gasteiger partial charge in [0, 0.05) is 6.08 Å². The summed E-state index contributed by atoms with van der Waals surface area (Å²) in [5.41, 5.74) is 0.423. The maximum atomic E-state index is 12.5. The van der Waals surface area contributed by atoms with E-state index in [1.807, 2.05) is 6.07 Å². The van der Waals surface area contributed by atoms with Crippen molar-refractivity contribution in [2.24, 2.45) is 0 Å². The molecule has 0 atom stereocenters. The molecule has 5 nitrogen and oxygen atoms in total. The molecule has 0 heterocycles. The zero-order chi connectivity index (χ0) is 24.4. The van der Waals surface area contributed by atoms with Gasteiger partial charge in [0.1, 0.15) is 0 Å². The largest absolute Gasteiger partial charge is 0.486 e. The van der Waals surface area contributed by atoms with E-state index >= 15 is 0 Å². The fourth-order valence-electron chi connectivity index (χ4n) is 3.62. The molecule has 0 fully saturated rings. The smallest absolute Gasteiger partial charge is 0.343 e. The summed E-state index contributed by atoms with van der Waals surface area (Å²) in [6.07, 6.45) is 14.7. The highest BCUT2D eigenvalue weighted by Gasteiger charge is 2.18. The van der Waals surface area contributed by atoms with Crippen LogP contribution in [0.1, 0.15) is 87.9 Å². The summed E-state index contributed by atoms with van der Waals surface area (Å²) in [5.74, 6) is -0.454. The molecule has 0 unspecified atom stereocenters. The van der Waals surface area contributed by atoms with E-state index in [1.165, 1.54) is 57.8 Å². The van der Waals surface area contributed by atoms with Crippen molar-refractivity contribution < 1.29 is 23.8 Å². The first-order valence-corrected chi connectivity index (χ1v) is 12.5. The summed E-state index contributed by atoms with van der Waals surface area (Å²) < 4.78 is 16.8. The number of unbranched alkanes of at least 4 members (excludes halogenated alkanes) is 10. The van der Waals surface area contributed by atoms with Crippen LogP contribution in [-0.2, 0) is 4.79 Å². The minimum Gasteiger partial charge on any atom is -0.486 e. The molecule has 0 aliphatic rings. The maximum absolute atomic E-state index is 12.5. The van der Waals surface area contributed by atoms with Crippen molar-refractivity contribution in [3.63, 3.8) is 0 Å². The third kappa shape index (κ3) is 10.2. The summed E-state index contributed by atoms with van der Waals surface area (Å²) in [6.45, 7) is 6.12. The lowest BCUT2D eigenvalue weighted by Gasteiger charge is -2.15. The molecular formula is C29H38O5. The molecule has 0 saturated heterocycles. The van der Waals surface area contributed by atoms with E-state index in [0.717, 1.165) is 18.9 Å². The van der Waals surface area contributed by atoms with Gasteiger partial charge in [-0.2, -0.15) is 0 Å². The molecule has 5 heteroatoms. The van der Waals surface area contributed by atoms with Crippen molar-refractivity contribution in [2.45, 2.75) is 77.6 Å². The fraction of sp³-hybridized carbons (Fsp3) is 0.448. The zero-order valence-electron chi connectivity index (χ0n) is 20.4. The van der Waals surface area contributed by atoms with Crippen molar-refractivity contribution >= 4 is 11.9 Å². The van der Waals surface area contributed by atoms with Gasteiger partial charge in [-0.05, 0) is 30.7 Å². The topological polar surface area (TPSA) is 61.8 Å². The Bertz CT molecular complexity index is 875. The van der Waals surface area contributed by atoms with E-state index in [1.54, 1.807) is 42.5 Å². The molecule has 0 saturated carbocycles. The number of rotatable bonds is 17. The highest BCUT2D eigenvalue weighted by Crippen LogP contribution is 2.38. The highest BCUT2D eigenvalue weighted by atomic mass is 16.6. The number of esters is 2. The Kier molecular flexibility index (Phi) is 13.2. The number of ether oxygens (including phenoxy) is 3. The van der Waals surface area contributed by atoms with Gasteiger partial charge < -0.3 is 14.2 Å². The summed E-state index contributed by atoms with van der Waals surface area (Å²) in [5, 5.41) is 0. The van der Waals surface area contributed by atoms with Crippen LogP contribution in [0.2, 0.25) is 0 Å². The van der Waals surface area contributed by atoms with Crippen molar-refractivity contribution in [1.82, 2.24) is 0 Å². The number of carbonyl (C=O) groups is 2. The Balaban J connectivity index is 1.85. The molecule has 184 valence electrons. The van der Waals surface area contributed by atoms with E-state index < -0.39 is 11.9 Å². The first-order valence-electron chi connectivity index (χ1n) is 12.5. The van der Waals surface area contributed by atoms with E-state index in [-0.39, 0.29) is 17.2 Å². The van der Waals surface area contributed by atoms with Crippen LogP contribution < -0.4 is 14.2 Å². The van der Waals surface area contributed by atoms with Crippen LogP contribution >= 0.6 is 0 Å². The van der Waals surface area contributed by atoms with Gasteiger partial charge in [0.2, 0.25) is 5.75 Å². The van der Waals surface area contributed by atoms with E-state index in [2.05, 4.69) is 13.5 Å². The molecule has 0 spiro atoms. The number of hydrogen-bond acceptors (Lipinski definition) is 5. The van der Waals surface area contributed by atoms with Gasteiger partial charge in [-0.15, -0.1) is 0 Å². The second-order valence-electron chi connectivity index (χ2n) is 8.35. The van der Waals surface area contributed by atoms with E-state index in [9.17, 15) is 9.59 Å². The fourth-order valence-corrected chi connectivity index (χ4v) is 3.62. The summed E-state index contributed by atoms with van der Waals surface area (Å²) in [7, 11) is 0. The average molecular weight is 467 g/mol. The van der Waals surface area contributed by atoms with E-state index in [0.29, 0.717) is 12.2 Å². The lowest BCUT2D eigenvalue weighted by Crippen LogP contribution is -2.11. The highest BCUT2D eigenvalue weighted by molar-refractivity contribution is 5.91. The molecule has 34 heavy (non-hydrogen) atoms. The van der Waals surface area contributed by atoms with Gasteiger partial charge in [0.05, 0.1) is 12.2 Å². The second-order valence-corrected chi connectivity index (χ2v) is 8.35. The van der Waals surface area contributed by atoms with Gasteiger partial charge in [-0.1, -0.05) is 102 Å². The van der Waals surface area contributed by atoms with Crippen LogP contribution in [0.3, 0.4) is 0 Å². The first-order chi connectivity index (χ1) is 16.7. The lowest BCUT2D eigenvalue weighted by atomic mass is 10.1.